The van der Waals surface area contributed by atoms with Crippen LogP contribution in [0, 0.1) is 6.92 Å². The predicted octanol–water partition coefficient (Wildman–Crippen LogP) is 2.50. The summed E-state index contributed by atoms with van der Waals surface area (Å²) in [6.07, 6.45) is 0. The van der Waals surface area contributed by atoms with E-state index in [1.807, 2.05) is 32.2 Å². The van der Waals surface area contributed by atoms with E-state index in [1.165, 1.54) is 5.56 Å². The fourth-order valence-corrected chi connectivity index (χ4v) is 3.63. The second-order valence-electron chi connectivity index (χ2n) is 4.62. The zero-order chi connectivity index (χ0) is 13.4. The van der Waals surface area contributed by atoms with Crippen molar-refractivity contribution in [2.45, 2.75) is 12.2 Å². The lowest BCUT2D eigenvalue weighted by Gasteiger charge is -2.14. The summed E-state index contributed by atoms with van der Waals surface area (Å²) in [4.78, 5) is 11.8. The van der Waals surface area contributed by atoms with Crippen LogP contribution in [0.1, 0.15) is 22.1 Å². The van der Waals surface area contributed by atoms with Crippen molar-refractivity contribution in [3.8, 4) is 0 Å². The molecule has 0 aliphatic carbocycles. The van der Waals surface area contributed by atoms with Crippen LogP contribution in [0.15, 0.2) is 30.3 Å². The standard InChI is InChI=1S/C14H15N3OS/c1-9-12-13(10-6-4-3-5-7-10)19-8-11(18)15-14(12)17(2)16-9/h3-7,13H,8H2,1-2H3,(H,15,18)/t13-/m0/s1. The van der Waals surface area contributed by atoms with Gasteiger partial charge in [-0.1, -0.05) is 30.3 Å². The highest BCUT2D eigenvalue weighted by atomic mass is 32.2. The first-order valence-corrected chi connectivity index (χ1v) is 7.21. The van der Waals surface area contributed by atoms with Gasteiger partial charge in [-0.15, -0.1) is 11.8 Å². The molecule has 1 N–H and O–H groups in total. The van der Waals surface area contributed by atoms with E-state index in [0.717, 1.165) is 17.1 Å². The van der Waals surface area contributed by atoms with Crippen molar-refractivity contribution in [1.82, 2.24) is 9.78 Å². The second kappa shape index (κ2) is 4.74. The number of anilines is 1. The third kappa shape index (κ3) is 2.14. The molecule has 0 radical (unpaired) electrons. The van der Waals surface area contributed by atoms with Crippen LogP contribution in [0.25, 0.3) is 0 Å². The number of fused-ring (bicyclic) bond motifs is 1. The highest BCUT2D eigenvalue weighted by Gasteiger charge is 2.28. The molecule has 5 heteroatoms. The van der Waals surface area contributed by atoms with Crippen LogP contribution in [0.5, 0.6) is 0 Å². The number of benzene rings is 1. The first-order valence-electron chi connectivity index (χ1n) is 6.16. The van der Waals surface area contributed by atoms with Gasteiger partial charge in [-0.3, -0.25) is 9.48 Å². The maximum absolute atomic E-state index is 11.8. The Hall–Kier alpha value is -1.75. The Balaban J connectivity index is 2.15. The highest BCUT2D eigenvalue weighted by molar-refractivity contribution is 8.00. The summed E-state index contributed by atoms with van der Waals surface area (Å²) < 4.78 is 1.75. The van der Waals surface area contributed by atoms with Crippen LogP contribution in [-0.2, 0) is 11.8 Å². The number of carbonyl (C=O) groups excluding carboxylic acids is 1. The summed E-state index contributed by atoms with van der Waals surface area (Å²) in [7, 11) is 1.87. The zero-order valence-corrected chi connectivity index (χ0v) is 11.7. The average Bonchev–Trinajstić information content (AvgIpc) is 2.60. The quantitative estimate of drug-likeness (QED) is 0.868. The van der Waals surface area contributed by atoms with Crippen molar-refractivity contribution in [3.63, 3.8) is 0 Å². The average molecular weight is 273 g/mol. The van der Waals surface area contributed by atoms with E-state index < -0.39 is 0 Å². The predicted molar refractivity (Wildman–Crippen MR) is 77.3 cm³/mol. The summed E-state index contributed by atoms with van der Waals surface area (Å²) >= 11 is 1.65. The Morgan fingerprint density at radius 2 is 2.11 bits per heavy atom. The van der Waals surface area contributed by atoms with Crippen LogP contribution in [-0.4, -0.2) is 21.4 Å². The number of carbonyl (C=O) groups is 1. The van der Waals surface area contributed by atoms with Crippen molar-refractivity contribution in [1.29, 1.82) is 0 Å². The first kappa shape index (κ1) is 12.3. The van der Waals surface area contributed by atoms with Crippen LogP contribution < -0.4 is 5.32 Å². The molecule has 0 spiro atoms. The normalized spacial score (nSPS) is 18.6. The number of thioether (sulfide) groups is 1. The number of nitrogens with one attached hydrogen (secondary N) is 1. The highest BCUT2D eigenvalue weighted by Crippen LogP contribution is 2.42. The van der Waals surface area contributed by atoms with Gasteiger partial charge in [0, 0.05) is 12.6 Å². The molecule has 2 aromatic rings. The smallest absolute Gasteiger partial charge is 0.235 e. The van der Waals surface area contributed by atoms with Gasteiger partial charge in [0.15, 0.2) is 0 Å². The molecule has 3 rings (SSSR count). The first-order chi connectivity index (χ1) is 9.16. The molecule has 0 unspecified atom stereocenters. The van der Waals surface area contributed by atoms with Gasteiger partial charge in [-0.25, -0.2) is 0 Å². The van der Waals surface area contributed by atoms with Gasteiger partial charge in [-0.2, -0.15) is 5.10 Å². The van der Waals surface area contributed by atoms with E-state index in [9.17, 15) is 4.79 Å². The van der Waals surface area contributed by atoms with E-state index in [2.05, 4.69) is 22.5 Å². The molecule has 1 aromatic heterocycles. The minimum atomic E-state index is 0.0349. The maximum atomic E-state index is 11.8. The number of aryl methyl sites for hydroxylation is 2. The largest absolute Gasteiger partial charge is 0.310 e. The summed E-state index contributed by atoms with van der Waals surface area (Å²) in [5.74, 6) is 1.32. The van der Waals surface area contributed by atoms with Crippen molar-refractivity contribution < 1.29 is 4.79 Å². The molecular formula is C14H15N3OS. The molecule has 0 saturated heterocycles. The second-order valence-corrected chi connectivity index (χ2v) is 5.71. The molecule has 1 amide bonds. The van der Waals surface area contributed by atoms with E-state index in [1.54, 1.807) is 16.4 Å². The van der Waals surface area contributed by atoms with E-state index in [0.29, 0.717) is 5.75 Å². The number of hydrogen-bond donors (Lipinski definition) is 1. The van der Waals surface area contributed by atoms with Gasteiger partial charge >= 0.3 is 0 Å². The Morgan fingerprint density at radius 1 is 1.37 bits per heavy atom. The molecule has 98 valence electrons. The van der Waals surface area contributed by atoms with Gasteiger partial charge in [0.25, 0.3) is 0 Å². The van der Waals surface area contributed by atoms with E-state index in [-0.39, 0.29) is 11.2 Å². The molecular weight excluding hydrogens is 258 g/mol. The van der Waals surface area contributed by atoms with Crippen molar-refractivity contribution in [3.05, 3.63) is 47.2 Å². The van der Waals surface area contributed by atoms with Gasteiger partial charge in [0.05, 0.1) is 16.7 Å². The molecule has 0 bridgehead atoms. The molecule has 0 saturated carbocycles. The molecule has 4 nitrogen and oxygen atoms in total. The fraction of sp³-hybridized carbons (Fsp3) is 0.286. The maximum Gasteiger partial charge on any atom is 0.235 e. The van der Waals surface area contributed by atoms with E-state index >= 15 is 0 Å². The molecule has 2 heterocycles. The Labute approximate surface area is 116 Å². The van der Waals surface area contributed by atoms with Crippen LogP contribution in [0.4, 0.5) is 5.82 Å². The number of rotatable bonds is 1. The van der Waals surface area contributed by atoms with Gasteiger partial charge in [0.2, 0.25) is 5.91 Å². The SMILES string of the molecule is Cc1nn(C)c2c1[C@H](c1ccccc1)SCC(=O)N2. The monoisotopic (exact) mass is 273 g/mol. The molecule has 1 aliphatic rings. The van der Waals surface area contributed by atoms with Gasteiger partial charge in [0.1, 0.15) is 5.82 Å². The van der Waals surface area contributed by atoms with Crippen LogP contribution in [0.3, 0.4) is 0 Å². The number of hydrogen-bond acceptors (Lipinski definition) is 3. The van der Waals surface area contributed by atoms with Gasteiger partial charge in [-0.05, 0) is 12.5 Å². The Morgan fingerprint density at radius 3 is 2.84 bits per heavy atom. The summed E-state index contributed by atoms with van der Waals surface area (Å²) in [6, 6.07) is 10.3. The minimum Gasteiger partial charge on any atom is -0.310 e. The third-order valence-corrected chi connectivity index (χ3v) is 4.54. The van der Waals surface area contributed by atoms with Crippen molar-refractivity contribution >= 4 is 23.5 Å². The topological polar surface area (TPSA) is 46.9 Å². The molecule has 19 heavy (non-hydrogen) atoms. The van der Waals surface area contributed by atoms with Crippen LogP contribution in [0.2, 0.25) is 0 Å². The van der Waals surface area contributed by atoms with Gasteiger partial charge < -0.3 is 5.32 Å². The Bertz CT molecular complexity index is 621. The molecule has 1 atom stereocenters. The summed E-state index contributed by atoms with van der Waals surface area (Å²) in [5, 5.41) is 7.54. The number of aromatic nitrogens is 2. The van der Waals surface area contributed by atoms with Crippen molar-refractivity contribution in [2.75, 3.05) is 11.1 Å². The lowest BCUT2D eigenvalue weighted by atomic mass is 10.0. The van der Waals surface area contributed by atoms with Crippen LogP contribution >= 0.6 is 11.8 Å². The zero-order valence-electron chi connectivity index (χ0n) is 10.9. The molecule has 1 aliphatic heterocycles. The third-order valence-electron chi connectivity index (χ3n) is 3.27. The number of amides is 1. The van der Waals surface area contributed by atoms with Crippen molar-refractivity contribution in [2.24, 2.45) is 7.05 Å². The molecule has 1 aromatic carbocycles. The minimum absolute atomic E-state index is 0.0349. The lowest BCUT2D eigenvalue weighted by Crippen LogP contribution is -2.15. The summed E-state index contributed by atoms with van der Waals surface area (Å²) in [6.45, 7) is 1.99. The summed E-state index contributed by atoms with van der Waals surface area (Å²) in [5.41, 5.74) is 3.30. The molecule has 0 fully saturated rings. The van der Waals surface area contributed by atoms with E-state index in [4.69, 9.17) is 0 Å². The lowest BCUT2D eigenvalue weighted by molar-refractivity contribution is -0.113. The fourth-order valence-electron chi connectivity index (χ4n) is 2.44. The Kier molecular flexibility index (Phi) is 3.06. The number of nitrogens with zero attached hydrogens (tertiary/aromatic N) is 2.